The number of hydrogen-bond donors (Lipinski definition) is 1. The highest BCUT2D eigenvalue weighted by Crippen LogP contribution is 1.99. The van der Waals surface area contributed by atoms with Gasteiger partial charge in [0, 0.05) is 33.2 Å². The molecular weight excluding hydrogens is 194 g/mol. The molecule has 0 saturated carbocycles. The molecule has 1 aromatic heterocycles. The fraction of sp³-hybridized carbons (Fsp3) is 0.667. The van der Waals surface area contributed by atoms with Gasteiger partial charge in [-0.15, -0.1) is 0 Å². The van der Waals surface area contributed by atoms with Crippen LogP contribution < -0.4 is 5.32 Å². The zero-order valence-electron chi connectivity index (χ0n) is 8.81. The normalized spacial score (nSPS) is 16.7. The number of piperazine rings is 1. The van der Waals surface area contributed by atoms with Crippen LogP contribution in [-0.2, 0) is 18.3 Å². The van der Waals surface area contributed by atoms with Gasteiger partial charge in [0.15, 0.2) is 0 Å². The van der Waals surface area contributed by atoms with E-state index < -0.39 is 0 Å². The average Bonchev–Trinajstić information content (AvgIpc) is 2.66. The van der Waals surface area contributed by atoms with Crippen molar-refractivity contribution in [3.05, 3.63) is 12.2 Å². The lowest BCUT2D eigenvalue weighted by Crippen LogP contribution is -2.47. The lowest BCUT2D eigenvalue weighted by atomic mass is 10.3. The molecule has 0 bridgehead atoms. The molecule has 0 radical (unpaired) electrons. The van der Waals surface area contributed by atoms with Crippen LogP contribution in [0.1, 0.15) is 5.82 Å². The van der Waals surface area contributed by atoms with Gasteiger partial charge in [0.1, 0.15) is 12.2 Å². The Hall–Kier alpha value is -1.43. The number of nitrogens with one attached hydrogen (secondary N) is 1. The quantitative estimate of drug-likeness (QED) is 0.664. The minimum Gasteiger partial charge on any atom is -0.340 e. The van der Waals surface area contributed by atoms with Crippen LogP contribution in [0.3, 0.4) is 0 Å². The summed E-state index contributed by atoms with van der Waals surface area (Å²) in [6, 6.07) is 0. The molecule has 0 atom stereocenters. The lowest BCUT2D eigenvalue weighted by molar-refractivity contribution is -0.131. The van der Waals surface area contributed by atoms with E-state index in [9.17, 15) is 4.79 Å². The molecule has 82 valence electrons. The Labute approximate surface area is 88.3 Å². The van der Waals surface area contributed by atoms with E-state index >= 15 is 0 Å². The Morgan fingerprint density at radius 2 is 2.27 bits per heavy atom. The molecule has 1 aliphatic heterocycles. The zero-order valence-corrected chi connectivity index (χ0v) is 8.81. The number of hydrogen-bond acceptors (Lipinski definition) is 4. The number of nitrogens with zero attached hydrogens (tertiary/aromatic N) is 4. The molecule has 6 heteroatoms. The molecule has 1 fully saturated rings. The third-order valence-corrected chi connectivity index (χ3v) is 2.58. The van der Waals surface area contributed by atoms with Gasteiger partial charge in [-0.1, -0.05) is 0 Å². The highest BCUT2D eigenvalue weighted by Gasteiger charge is 2.17. The number of amides is 1. The van der Waals surface area contributed by atoms with Gasteiger partial charge in [0.2, 0.25) is 5.91 Å². The summed E-state index contributed by atoms with van der Waals surface area (Å²) in [6.07, 6.45) is 1.82. The highest BCUT2D eigenvalue weighted by atomic mass is 16.2. The SMILES string of the molecule is Cn1ncnc1CC(=O)N1CCNCC1. The molecule has 0 aromatic carbocycles. The van der Waals surface area contributed by atoms with Crippen LogP contribution in [0.4, 0.5) is 0 Å². The summed E-state index contributed by atoms with van der Waals surface area (Å²) in [4.78, 5) is 17.7. The highest BCUT2D eigenvalue weighted by molar-refractivity contribution is 5.78. The summed E-state index contributed by atoms with van der Waals surface area (Å²) in [7, 11) is 1.80. The van der Waals surface area contributed by atoms with Gasteiger partial charge in [0.05, 0.1) is 6.42 Å². The van der Waals surface area contributed by atoms with Gasteiger partial charge in [-0.25, -0.2) is 4.98 Å². The van der Waals surface area contributed by atoms with Crippen molar-refractivity contribution in [2.45, 2.75) is 6.42 Å². The van der Waals surface area contributed by atoms with E-state index in [0.29, 0.717) is 6.42 Å². The van der Waals surface area contributed by atoms with E-state index in [4.69, 9.17) is 0 Å². The Kier molecular flexibility index (Phi) is 2.96. The number of carbonyl (C=O) groups excluding carboxylic acids is 1. The standard InChI is InChI=1S/C9H15N5O/c1-13-8(11-7-12-13)6-9(15)14-4-2-10-3-5-14/h7,10H,2-6H2,1H3. The van der Waals surface area contributed by atoms with Gasteiger partial charge in [0.25, 0.3) is 0 Å². The maximum atomic E-state index is 11.8. The maximum Gasteiger partial charge on any atom is 0.230 e. The first-order valence-corrected chi connectivity index (χ1v) is 5.09. The van der Waals surface area contributed by atoms with Crippen molar-refractivity contribution in [1.29, 1.82) is 0 Å². The van der Waals surface area contributed by atoms with Crippen molar-refractivity contribution < 1.29 is 4.79 Å². The van der Waals surface area contributed by atoms with Crippen molar-refractivity contribution >= 4 is 5.91 Å². The molecule has 1 amide bonds. The molecule has 1 aromatic rings. The van der Waals surface area contributed by atoms with E-state index in [0.717, 1.165) is 32.0 Å². The van der Waals surface area contributed by atoms with Crippen LogP contribution in [0.2, 0.25) is 0 Å². The summed E-state index contributed by atoms with van der Waals surface area (Å²) < 4.78 is 1.64. The molecule has 6 nitrogen and oxygen atoms in total. The van der Waals surface area contributed by atoms with Gasteiger partial charge in [-0.3, -0.25) is 9.48 Å². The summed E-state index contributed by atoms with van der Waals surface area (Å²) in [6.45, 7) is 3.34. The summed E-state index contributed by atoms with van der Waals surface area (Å²) >= 11 is 0. The summed E-state index contributed by atoms with van der Waals surface area (Å²) in [5, 5.41) is 7.15. The topological polar surface area (TPSA) is 63.1 Å². The molecule has 1 saturated heterocycles. The van der Waals surface area contributed by atoms with E-state index in [-0.39, 0.29) is 5.91 Å². The van der Waals surface area contributed by atoms with Crippen molar-refractivity contribution in [3.8, 4) is 0 Å². The molecule has 0 aliphatic carbocycles. The predicted octanol–water partition coefficient (Wildman–Crippen LogP) is -1.21. The third-order valence-electron chi connectivity index (χ3n) is 2.58. The van der Waals surface area contributed by atoms with E-state index in [1.165, 1.54) is 6.33 Å². The number of rotatable bonds is 2. The second-order valence-electron chi connectivity index (χ2n) is 3.61. The third kappa shape index (κ3) is 2.33. The van der Waals surface area contributed by atoms with Crippen LogP contribution in [0.5, 0.6) is 0 Å². The predicted molar refractivity (Wildman–Crippen MR) is 54.2 cm³/mol. The molecular formula is C9H15N5O. The minimum atomic E-state index is 0.132. The van der Waals surface area contributed by atoms with Gasteiger partial charge in [-0.2, -0.15) is 5.10 Å². The van der Waals surface area contributed by atoms with Crippen molar-refractivity contribution in [2.75, 3.05) is 26.2 Å². The zero-order chi connectivity index (χ0) is 10.7. The average molecular weight is 209 g/mol. The summed E-state index contributed by atoms with van der Waals surface area (Å²) in [5.74, 6) is 0.853. The van der Waals surface area contributed by atoms with E-state index in [2.05, 4.69) is 15.4 Å². The Morgan fingerprint density at radius 3 is 2.87 bits per heavy atom. The number of aromatic nitrogens is 3. The largest absolute Gasteiger partial charge is 0.340 e. The Morgan fingerprint density at radius 1 is 1.53 bits per heavy atom. The first kappa shape index (κ1) is 10.1. The minimum absolute atomic E-state index is 0.132. The molecule has 15 heavy (non-hydrogen) atoms. The van der Waals surface area contributed by atoms with Crippen LogP contribution in [0, 0.1) is 0 Å². The number of carbonyl (C=O) groups is 1. The Balaban J connectivity index is 1.94. The van der Waals surface area contributed by atoms with Crippen molar-refractivity contribution in [1.82, 2.24) is 25.0 Å². The van der Waals surface area contributed by atoms with Crippen molar-refractivity contribution in [3.63, 3.8) is 0 Å². The fourth-order valence-corrected chi connectivity index (χ4v) is 1.64. The van der Waals surface area contributed by atoms with Gasteiger partial charge < -0.3 is 10.2 Å². The second kappa shape index (κ2) is 4.39. The molecule has 0 spiro atoms. The maximum absolute atomic E-state index is 11.8. The number of aryl methyl sites for hydroxylation is 1. The molecule has 2 rings (SSSR count). The molecule has 1 aliphatic rings. The summed E-state index contributed by atoms with van der Waals surface area (Å²) in [5.41, 5.74) is 0. The van der Waals surface area contributed by atoms with Gasteiger partial charge in [-0.05, 0) is 0 Å². The van der Waals surface area contributed by atoms with Crippen LogP contribution in [0.15, 0.2) is 6.33 Å². The second-order valence-corrected chi connectivity index (χ2v) is 3.61. The van der Waals surface area contributed by atoms with Crippen LogP contribution in [-0.4, -0.2) is 51.8 Å². The van der Waals surface area contributed by atoms with E-state index in [1.807, 2.05) is 4.90 Å². The fourth-order valence-electron chi connectivity index (χ4n) is 1.64. The Bertz CT molecular complexity index is 342. The lowest BCUT2D eigenvalue weighted by Gasteiger charge is -2.27. The first-order valence-electron chi connectivity index (χ1n) is 5.09. The van der Waals surface area contributed by atoms with Gasteiger partial charge >= 0.3 is 0 Å². The van der Waals surface area contributed by atoms with Crippen LogP contribution >= 0.6 is 0 Å². The smallest absolute Gasteiger partial charge is 0.230 e. The molecule has 1 N–H and O–H groups in total. The molecule has 2 heterocycles. The van der Waals surface area contributed by atoms with Crippen LogP contribution in [0.25, 0.3) is 0 Å². The van der Waals surface area contributed by atoms with Crippen molar-refractivity contribution in [2.24, 2.45) is 7.05 Å². The first-order chi connectivity index (χ1) is 7.27. The molecule has 0 unspecified atom stereocenters. The monoisotopic (exact) mass is 209 g/mol. The van der Waals surface area contributed by atoms with E-state index in [1.54, 1.807) is 11.7 Å².